The van der Waals surface area contributed by atoms with Gasteiger partial charge >= 0.3 is 0 Å². The highest BCUT2D eigenvalue weighted by Crippen LogP contribution is 2.21. The molecule has 0 radical (unpaired) electrons. The van der Waals surface area contributed by atoms with Crippen molar-refractivity contribution in [2.45, 2.75) is 31.5 Å². The first-order valence-electron chi connectivity index (χ1n) is 6.62. The SMILES string of the molecule is CC(C)(C)n1nnnc1SCC(=O)Nc1cccc(C#N)c1. The molecule has 0 aliphatic rings. The highest BCUT2D eigenvalue weighted by molar-refractivity contribution is 7.99. The van der Waals surface area contributed by atoms with Crippen LogP contribution in [0.2, 0.25) is 0 Å². The van der Waals surface area contributed by atoms with Gasteiger partial charge in [-0.1, -0.05) is 17.8 Å². The summed E-state index contributed by atoms with van der Waals surface area (Å²) in [4.78, 5) is 12.0. The normalized spacial score (nSPS) is 11.0. The molecular weight excluding hydrogens is 300 g/mol. The summed E-state index contributed by atoms with van der Waals surface area (Å²) in [5, 5.41) is 23.7. The van der Waals surface area contributed by atoms with Gasteiger partial charge < -0.3 is 5.32 Å². The summed E-state index contributed by atoms with van der Waals surface area (Å²) >= 11 is 1.27. The van der Waals surface area contributed by atoms with Crippen molar-refractivity contribution in [3.63, 3.8) is 0 Å². The minimum absolute atomic E-state index is 0.177. The summed E-state index contributed by atoms with van der Waals surface area (Å²) in [6, 6.07) is 8.80. The number of nitrogens with zero attached hydrogens (tertiary/aromatic N) is 5. The van der Waals surface area contributed by atoms with Crippen LogP contribution in [0.25, 0.3) is 0 Å². The molecule has 114 valence electrons. The molecular formula is C14H16N6OS. The maximum atomic E-state index is 12.0. The Kier molecular flexibility index (Phi) is 4.78. The lowest BCUT2D eigenvalue weighted by Gasteiger charge is -2.19. The number of anilines is 1. The van der Waals surface area contributed by atoms with Crippen molar-refractivity contribution in [3.8, 4) is 6.07 Å². The van der Waals surface area contributed by atoms with Crippen molar-refractivity contribution in [1.82, 2.24) is 20.2 Å². The number of nitrogens with one attached hydrogen (secondary N) is 1. The molecule has 0 atom stereocenters. The first kappa shape index (κ1) is 16.0. The summed E-state index contributed by atoms with van der Waals surface area (Å²) < 4.78 is 1.68. The van der Waals surface area contributed by atoms with Crippen LogP contribution in [0, 0.1) is 11.3 Å². The Morgan fingerprint density at radius 2 is 2.23 bits per heavy atom. The zero-order chi connectivity index (χ0) is 16.2. The fourth-order valence-electron chi connectivity index (χ4n) is 1.68. The summed E-state index contributed by atoms with van der Waals surface area (Å²) in [5.74, 6) is 0.0105. The van der Waals surface area contributed by atoms with Crippen LogP contribution >= 0.6 is 11.8 Å². The van der Waals surface area contributed by atoms with Crippen molar-refractivity contribution in [2.75, 3.05) is 11.1 Å². The van der Waals surface area contributed by atoms with Crippen molar-refractivity contribution < 1.29 is 4.79 Å². The van der Waals surface area contributed by atoms with Gasteiger partial charge in [0.15, 0.2) is 0 Å². The minimum atomic E-state index is -0.247. The molecule has 2 rings (SSSR count). The molecule has 22 heavy (non-hydrogen) atoms. The molecule has 1 heterocycles. The van der Waals surface area contributed by atoms with Crippen LogP contribution in [-0.2, 0) is 10.3 Å². The second kappa shape index (κ2) is 6.58. The largest absolute Gasteiger partial charge is 0.325 e. The van der Waals surface area contributed by atoms with Gasteiger partial charge in [-0.2, -0.15) is 5.26 Å². The second-order valence-electron chi connectivity index (χ2n) is 5.57. The highest BCUT2D eigenvalue weighted by Gasteiger charge is 2.20. The molecule has 0 aliphatic heterocycles. The van der Waals surface area contributed by atoms with Crippen LogP contribution in [0.5, 0.6) is 0 Å². The quantitative estimate of drug-likeness (QED) is 0.867. The Bertz CT molecular complexity index is 713. The molecule has 7 nitrogen and oxygen atoms in total. The smallest absolute Gasteiger partial charge is 0.234 e. The third-order valence-electron chi connectivity index (χ3n) is 2.68. The Morgan fingerprint density at radius 1 is 1.45 bits per heavy atom. The lowest BCUT2D eigenvalue weighted by molar-refractivity contribution is -0.113. The second-order valence-corrected chi connectivity index (χ2v) is 6.52. The Balaban J connectivity index is 1.96. The summed E-state index contributed by atoms with van der Waals surface area (Å²) in [7, 11) is 0. The summed E-state index contributed by atoms with van der Waals surface area (Å²) in [6.07, 6.45) is 0. The third kappa shape index (κ3) is 4.05. The first-order valence-corrected chi connectivity index (χ1v) is 7.60. The van der Waals surface area contributed by atoms with E-state index in [1.807, 2.05) is 26.8 Å². The molecule has 2 aromatic rings. The molecule has 0 saturated heterocycles. The Morgan fingerprint density at radius 3 is 2.91 bits per heavy atom. The van der Waals surface area contributed by atoms with E-state index in [2.05, 4.69) is 20.8 Å². The maximum absolute atomic E-state index is 12.0. The molecule has 0 fully saturated rings. The highest BCUT2D eigenvalue weighted by atomic mass is 32.2. The van der Waals surface area contributed by atoms with E-state index in [4.69, 9.17) is 5.26 Å². The molecule has 1 amide bonds. The predicted octanol–water partition coefficient (Wildman–Crippen LogP) is 2.03. The van der Waals surface area contributed by atoms with Gasteiger partial charge in [0.1, 0.15) is 0 Å². The summed E-state index contributed by atoms with van der Waals surface area (Å²) in [6.45, 7) is 5.96. The molecule has 0 saturated carbocycles. The van der Waals surface area contributed by atoms with Crippen molar-refractivity contribution >= 4 is 23.4 Å². The molecule has 0 spiro atoms. The van der Waals surface area contributed by atoms with Crippen LogP contribution in [0.1, 0.15) is 26.3 Å². The Hall–Kier alpha value is -2.40. The van der Waals surface area contributed by atoms with Crippen molar-refractivity contribution in [3.05, 3.63) is 29.8 Å². The van der Waals surface area contributed by atoms with Gasteiger partial charge in [-0.25, -0.2) is 4.68 Å². The summed E-state index contributed by atoms with van der Waals surface area (Å²) in [5.41, 5.74) is 0.853. The number of nitriles is 1. The predicted molar refractivity (Wildman–Crippen MR) is 83.3 cm³/mol. The number of rotatable bonds is 4. The number of carbonyl (C=O) groups is 1. The van der Waals surface area contributed by atoms with Crippen LogP contribution < -0.4 is 5.32 Å². The number of hydrogen-bond donors (Lipinski definition) is 1. The zero-order valence-corrected chi connectivity index (χ0v) is 13.4. The number of amides is 1. The van der Waals surface area contributed by atoms with Crippen LogP contribution in [0.15, 0.2) is 29.4 Å². The van der Waals surface area contributed by atoms with Gasteiger partial charge in [-0.05, 0) is 49.4 Å². The van der Waals surface area contributed by atoms with E-state index in [0.29, 0.717) is 16.4 Å². The topological polar surface area (TPSA) is 96.5 Å². The molecule has 8 heteroatoms. The number of hydrogen-bond acceptors (Lipinski definition) is 6. The molecule has 0 bridgehead atoms. The lowest BCUT2D eigenvalue weighted by Crippen LogP contribution is -2.24. The van der Waals surface area contributed by atoms with E-state index in [1.165, 1.54) is 11.8 Å². The average Bonchev–Trinajstić information content (AvgIpc) is 2.94. The van der Waals surface area contributed by atoms with Gasteiger partial charge in [0.05, 0.1) is 22.9 Å². The maximum Gasteiger partial charge on any atom is 0.234 e. The van der Waals surface area contributed by atoms with Gasteiger partial charge in [0.25, 0.3) is 0 Å². The van der Waals surface area contributed by atoms with Gasteiger partial charge in [0, 0.05) is 5.69 Å². The van der Waals surface area contributed by atoms with E-state index in [0.717, 1.165) is 0 Å². The third-order valence-corrected chi connectivity index (χ3v) is 3.60. The van der Waals surface area contributed by atoms with Crippen LogP contribution in [0.4, 0.5) is 5.69 Å². The van der Waals surface area contributed by atoms with Crippen LogP contribution in [-0.4, -0.2) is 31.9 Å². The Labute approximate surface area is 132 Å². The number of thioether (sulfide) groups is 1. The fourth-order valence-corrected chi connectivity index (χ4v) is 2.54. The van der Waals surface area contributed by atoms with Crippen LogP contribution in [0.3, 0.4) is 0 Å². The van der Waals surface area contributed by atoms with Crippen molar-refractivity contribution in [1.29, 1.82) is 5.26 Å². The lowest BCUT2D eigenvalue weighted by atomic mass is 10.1. The number of aromatic nitrogens is 4. The number of carbonyl (C=O) groups excluding carboxylic acids is 1. The van der Waals surface area contributed by atoms with E-state index in [-0.39, 0.29) is 17.2 Å². The van der Waals surface area contributed by atoms with E-state index >= 15 is 0 Å². The molecule has 1 N–H and O–H groups in total. The van der Waals surface area contributed by atoms with Gasteiger partial charge in [-0.3, -0.25) is 4.79 Å². The number of benzene rings is 1. The van der Waals surface area contributed by atoms with Gasteiger partial charge in [-0.15, -0.1) is 5.10 Å². The monoisotopic (exact) mass is 316 g/mol. The van der Waals surface area contributed by atoms with Gasteiger partial charge in [0.2, 0.25) is 11.1 Å². The molecule has 1 aromatic heterocycles. The van der Waals surface area contributed by atoms with E-state index in [1.54, 1.807) is 28.9 Å². The van der Waals surface area contributed by atoms with E-state index in [9.17, 15) is 4.79 Å². The standard InChI is InChI=1S/C14H16N6OS/c1-14(2,3)20-13(17-18-19-20)22-9-12(21)16-11-6-4-5-10(7-11)8-15/h4-7H,9H2,1-3H3,(H,16,21). The molecule has 1 aromatic carbocycles. The first-order chi connectivity index (χ1) is 10.4. The molecule has 0 unspecified atom stereocenters. The zero-order valence-electron chi connectivity index (χ0n) is 12.6. The van der Waals surface area contributed by atoms with Crippen molar-refractivity contribution in [2.24, 2.45) is 0 Å². The van der Waals surface area contributed by atoms with E-state index < -0.39 is 0 Å². The minimum Gasteiger partial charge on any atom is -0.325 e. The molecule has 0 aliphatic carbocycles. The fraction of sp³-hybridized carbons (Fsp3) is 0.357. The number of tetrazole rings is 1. The average molecular weight is 316 g/mol.